The first kappa shape index (κ1) is 22.3. The van der Waals surface area contributed by atoms with Crippen LogP contribution in [-0.4, -0.2) is 53.1 Å². The molecule has 0 heterocycles. The van der Waals surface area contributed by atoms with Crippen LogP contribution in [0.4, 0.5) is 0 Å². The summed E-state index contributed by atoms with van der Waals surface area (Å²) in [5.41, 5.74) is -1.88. The lowest BCUT2D eigenvalue weighted by Gasteiger charge is -2.13. The fourth-order valence-corrected chi connectivity index (χ4v) is 1.99. The van der Waals surface area contributed by atoms with E-state index in [9.17, 15) is 28.2 Å². The molecule has 0 radical (unpaired) electrons. The van der Waals surface area contributed by atoms with Gasteiger partial charge in [0.05, 0.1) is 40.1 Å². The maximum absolute atomic E-state index is 10.9. The molecule has 0 amide bonds. The van der Waals surface area contributed by atoms with Crippen LogP contribution >= 0.6 is 0 Å². The molecule has 0 saturated heterocycles. The summed E-state index contributed by atoms with van der Waals surface area (Å²) in [4.78, 5) is 19.8. The van der Waals surface area contributed by atoms with Crippen molar-refractivity contribution in [3.63, 3.8) is 0 Å². The minimum Gasteiger partial charge on any atom is -0.545 e. The van der Waals surface area contributed by atoms with Gasteiger partial charge in [0.25, 0.3) is 10.1 Å². The lowest BCUT2D eigenvalue weighted by Crippen LogP contribution is -2.74. The predicted octanol–water partition coefficient (Wildman–Crippen LogP) is -4.72. The second-order valence-electron chi connectivity index (χ2n) is 3.89. The van der Waals surface area contributed by atoms with Crippen molar-refractivity contribution in [2.75, 3.05) is 28.2 Å². The molecule has 5 N–H and O–H groups in total. The van der Waals surface area contributed by atoms with Gasteiger partial charge in [-0.3, -0.25) is 4.55 Å². The van der Waals surface area contributed by atoms with Gasteiger partial charge in [0.15, 0.2) is 0 Å². The molecule has 1 rings (SSSR count). The molecule has 0 aliphatic heterocycles. The highest BCUT2D eigenvalue weighted by Crippen LogP contribution is 2.19. The van der Waals surface area contributed by atoms with Gasteiger partial charge in [-0.2, -0.15) is 8.42 Å². The molecule has 0 aromatic heterocycles. The van der Waals surface area contributed by atoms with Gasteiger partial charge in [-0.15, -0.1) is 0 Å². The Hall–Kier alpha value is -2.01. The Kier molecular flexibility index (Phi) is 10.8. The summed E-state index contributed by atoms with van der Waals surface area (Å²) in [7, 11) is 3.00. The number of carboxylic acid groups (broad SMARTS) is 2. The van der Waals surface area contributed by atoms with E-state index < -0.39 is 38.1 Å². The van der Waals surface area contributed by atoms with Crippen LogP contribution in [0.15, 0.2) is 23.1 Å². The van der Waals surface area contributed by atoms with Crippen LogP contribution in [0.3, 0.4) is 0 Å². The fraction of sp³-hybridized carbons (Fsp3) is 0.333. The number of hydrogen-bond donors (Lipinski definition) is 3. The van der Waals surface area contributed by atoms with Crippen LogP contribution in [0, 0.1) is 0 Å². The summed E-state index contributed by atoms with van der Waals surface area (Å²) in [6, 6.07) is 2.58. The van der Waals surface area contributed by atoms with Crippen LogP contribution in [0.25, 0.3) is 0 Å². The quantitative estimate of drug-likeness (QED) is 0.466. The highest BCUT2D eigenvalue weighted by atomic mass is 32.2. The molecule has 0 bridgehead atoms. The van der Waals surface area contributed by atoms with E-state index in [0.29, 0.717) is 0 Å². The Morgan fingerprint density at radius 3 is 1.41 bits per heavy atom. The Morgan fingerprint density at radius 2 is 1.23 bits per heavy atom. The number of carbonyl (C=O) groups is 2. The van der Waals surface area contributed by atoms with Gasteiger partial charge in [-0.1, -0.05) is 18.2 Å². The molecular formula is C12H20N2O7S. The summed E-state index contributed by atoms with van der Waals surface area (Å²) >= 11 is 0. The average Bonchev–Trinajstić information content (AvgIpc) is 2.38. The molecule has 9 nitrogen and oxygen atoms in total. The van der Waals surface area contributed by atoms with E-state index in [1.54, 1.807) is 0 Å². The Bertz CT molecular complexity index is 565. The number of benzene rings is 1. The van der Waals surface area contributed by atoms with E-state index in [1.165, 1.54) is 0 Å². The van der Waals surface area contributed by atoms with Gasteiger partial charge in [0.2, 0.25) is 0 Å². The maximum Gasteiger partial charge on any atom is 0.295 e. The van der Waals surface area contributed by atoms with Crippen molar-refractivity contribution in [3.05, 3.63) is 29.3 Å². The van der Waals surface area contributed by atoms with E-state index in [-0.39, 0.29) is 0 Å². The second kappa shape index (κ2) is 10.7. The second-order valence-corrected chi connectivity index (χ2v) is 5.25. The van der Waals surface area contributed by atoms with Gasteiger partial charge < -0.3 is 30.4 Å². The van der Waals surface area contributed by atoms with Crippen LogP contribution in [0.1, 0.15) is 20.7 Å². The van der Waals surface area contributed by atoms with Crippen LogP contribution in [-0.2, 0) is 10.1 Å². The zero-order valence-corrected chi connectivity index (χ0v) is 13.5. The van der Waals surface area contributed by atoms with Crippen LogP contribution < -0.4 is 20.8 Å². The lowest BCUT2D eigenvalue weighted by molar-refractivity contribution is -0.597. The smallest absolute Gasteiger partial charge is 0.295 e. The monoisotopic (exact) mass is 336 g/mol. The van der Waals surface area contributed by atoms with Crippen molar-refractivity contribution in [2.45, 2.75) is 4.90 Å². The van der Waals surface area contributed by atoms with Gasteiger partial charge >= 0.3 is 0 Å². The Balaban J connectivity index is 0. The Labute approximate surface area is 128 Å². The average molecular weight is 336 g/mol. The number of carbonyl (C=O) groups excluding carboxylic acids is 2. The van der Waals surface area contributed by atoms with Gasteiger partial charge in [0.1, 0.15) is 4.90 Å². The highest BCUT2D eigenvalue weighted by molar-refractivity contribution is 7.86. The Morgan fingerprint density at radius 1 is 0.955 bits per heavy atom. The first-order valence-electron chi connectivity index (χ1n) is 6.09. The van der Waals surface area contributed by atoms with Crippen molar-refractivity contribution in [2.24, 2.45) is 0 Å². The van der Waals surface area contributed by atoms with Crippen molar-refractivity contribution in [1.29, 1.82) is 0 Å². The maximum atomic E-state index is 10.9. The zero-order chi connectivity index (χ0) is 17.9. The first-order valence-corrected chi connectivity index (χ1v) is 7.53. The minimum absolute atomic E-state index is 0.797. The molecule has 22 heavy (non-hydrogen) atoms. The summed E-state index contributed by atoms with van der Waals surface area (Å²) in [6.45, 7) is 0. The number of aromatic carboxylic acids is 2. The molecule has 0 aliphatic carbocycles. The number of hydrogen-bond acceptors (Lipinski definition) is 6. The lowest BCUT2D eigenvalue weighted by atomic mass is 10.1. The topological polar surface area (TPSA) is 168 Å². The molecule has 0 fully saturated rings. The van der Waals surface area contributed by atoms with E-state index in [1.807, 2.05) is 38.8 Å². The molecule has 0 unspecified atom stereocenters. The summed E-state index contributed by atoms with van der Waals surface area (Å²) < 4.78 is 30.5. The largest absolute Gasteiger partial charge is 0.545 e. The third-order valence-corrected chi connectivity index (χ3v) is 2.67. The highest BCUT2D eigenvalue weighted by Gasteiger charge is 2.21. The van der Waals surface area contributed by atoms with E-state index >= 15 is 0 Å². The third kappa shape index (κ3) is 7.69. The molecule has 1 aromatic rings. The molecule has 1 aromatic carbocycles. The summed E-state index contributed by atoms with van der Waals surface area (Å²) in [6.07, 6.45) is 0. The van der Waals surface area contributed by atoms with Crippen LogP contribution in [0.2, 0.25) is 0 Å². The number of quaternary nitrogens is 2. The normalized spacial score (nSPS) is 9.68. The standard InChI is InChI=1S/C8H6O7S.2C2H7N/c9-7(10)4-2-1-3-5(8(11)12)6(4)16(13,14)15;2*1-3-2/h1-3H,(H,9,10)(H,11,12)(H,13,14,15);2*3H,1-2H3. The van der Waals surface area contributed by atoms with Crippen molar-refractivity contribution >= 4 is 22.1 Å². The van der Waals surface area contributed by atoms with Crippen molar-refractivity contribution in [1.82, 2.24) is 0 Å². The third-order valence-electron chi connectivity index (χ3n) is 1.71. The van der Waals surface area contributed by atoms with Crippen LogP contribution in [0.5, 0.6) is 0 Å². The van der Waals surface area contributed by atoms with Gasteiger partial charge in [0, 0.05) is 11.1 Å². The van der Waals surface area contributed by atoms with E-state index in [0.717, 1.165) is 18.2 Å². The molecule has 0 atom stereocenters. The fourth-order valence-electron chi connectivity index (χ4n) is 1.14. The van der Waals surface area contributed by atoms with Crippen molar-refractivity contribution < 1.29 is 43.4 Å². The number of carboxylic acids is 2. The molecule has 0 aliphatic rings. The molecular weight excluding hydrogens is 316 g/mol. The number of nitrogens with two attached hydrogens (primary N) is 2. The molecule has 126 valence electrons. The van der Waals surface area contributed by atoms with Crippen molar-refractivity contribution in [3.8, 4) is 0 Å². The predicted molar refractivity (Wildman–Crippen MR) is 72.5 cm³/mol. The SMILES string of the molecule is C[NH2+]C.C[NH2+]C.O=C([O-])c1cccc(C(=O)[O-])c1S(=O)(=O)O. The summed E-state index contributed by atoms with van der Waals surface area (Å²) in [5.74, 6) is -3.84. The molecule has 0 spiro atoms. The van der Waals surface area contributed by atoms with E-state index in [4.69, 9.17) is 4.55 Å². The number of rotatable bonds is 3. The zero-order valence-electron chi connectivity index (χ0n) is 12.7. The van der Waals surface area contributed by atoms with Gasteiger partial charge in [-0.05, 0) is 0 Å². The van der Waals surface area contributed by atoms with E-state index in [2.05, 4.69) is 0 Å². The minimum atomic E-state index is -5.00. The first-order chi connectivity index (χ1) is 10.1. The summed E-state index contributed by atoms with van der Waals surface area (Å²) in [5, 5.41) is 25.1. The molecule has 10 heteroatoms. The molecule has 0 saturated carbocycles. The van der Waals surface area contributed by atoms with Gasteiger partial charge in [-0.25, -0.2) is 0 Å².